The first-order valence-corrected chi connectivity index (χ1v) is 7.06. The second-order valence-corrected chi connectivity index (χ2v) is 6.34. The number of fused-ring (bicyclic) bond motifs is 1. The first-order valence-electron chi connectivity index (χ1n) is 5.49. The summed E-state index contributed by atoms with van der Waals surface area (Å²) in [4.78, 5) is 5.08. The first-order chi connectivity index (χ1) is 6.95. The monoisotopic (exact) mass is 206 g/mol. The zero-order valence-electron chi connectivity index (χ0n) is 8.38. The van der Waals surface area contributed by atoms with Crippen LogP contribution in [0.2, 0.25) is 0 Å². The molecule has 0 aromatic carbocycles. The number of aromatic amines is 1. The van der Waals surface area contributed by atoms with Crippen LogP contribution >= 0.6 is 0 Å². The van der Waals surface area contributed by atoms with E-state index in [2.05, 4.69) is 23.3 Å². The van der Waals surface area contributed by atoms with Crippen LogP contribution in [-0.4, -0.2) is 16.5 Å². The van der Waals surface area contributed by atoms with Crippen molar-refractivity contribution in [2.45, 2.75) is 30.6 Å². The molecule has 0 radical (unpaired) electrons. The topological polar surface area (TPSA) is 15.8 Å². The highest BCUT2D eigenvalue weighted by Crippen LogP contribution is 2.31. The van der Waals surface area contributed by atoms with Crippen LogP contribution in [0.25, 0.3) is 6.08 Å². The molecular weight excluding hydrogens is 190 g/mol. The van der Waals surface area contributed by atoms with Gasteiger partial charge < -0.3 is 4.98 Å². The zero-order chi connectivity index (χ0) is 9.38. The van der Waals surface area contributed by atoms with Gasteiger partial charge in [0.2, 0.25) is 0 Å². The number of hydrogen-bond acceptors (Lipinski definition) is 0. The number of hydrogen-bond donors (Lipinski definition) is 1. The van der Waals surface area contributed by atoms with Gasteiger partial charge in [0.05, 0.1) is 6.20 Å². The average Bonchev–Trinajstić information content (AvgIpc) is 2.85. The lowest BCUT2D eigenvalue weighted by atomic mass is 10.1. The van der Waals surface area contributed by atoms with Crippen LogP contribution in [0.4, 0.5) is 0 Å². The van der Waals surface area contributed by atoms with Gasteiger partial charge in [0, 0.05) is 22.2 Å². The van der Waals surface area contributed by atoms with Crippen molar-refractivity contribution in [1.29, 1.82) is 0 Å². The normalized spacial score (nSPS) is 21.4. The fourth-order valence-corrected chi connectivity index (χ4v) is 4.95. The van der Waals surface area contributed by atoms with E-state index in [1.165, 1.54) is 42.9 Å². The molecule has 2 aliphatic rings. The van der Waals surface area contributed by atoms with E-state index in [1.807, 2.05) is 0 Å². The third-order valence-corrected chi connectivity index (χ3v) is 5.72. The van der Waals surface area contributed by atoms with Gasteiger partial charge in [-0.3, -0.25) is 0 Å². The van der Waals surface area contributed by atoms with Gasteiger partial charge in [-0.1, -0.05) is 6.08 Å². The van der Waals surface area contributed by atoms with Crippen molar-refractivity contribution in [2.24, 2.45) is 0 Å². The molecule has 1 fully saturated rings. The minimum absolute atomic E-state index is 0.586. The molecule has 14 heavy (non-hydrogen) atoms. The second kappa shape index (κ2) is 3.50. The maximum Gasteiger partial charge on any atom is 0.176 e. The highest BCUT2D eigenvalue weighted by molar-refractivity contribution is 7.97. The Bertz CT molecular complexity index is 358. The van der Waals surface area contributed by atoms with E-state index < -0.39 is 0 Å². The SMILES string of the molecule is C1=Cc2[nH]cc([S+]3CCCC3)c2CC1. The first kappa shape index (κ1) is 8.66. The Morgan fingerprint density at radius 2 is 2.07 bits per heavy atom. The van der Waals surface area contributed by atoms with Crippen LogP contribution in [0.15, 0.2) is 17.2 Å². The molecule has 2 heterocycles. The summed E-state index contributed by atoms with van der Waals surface area (Å²) in [5, 5.41) is 0. The van der Waals surface area contributed by atoms with Crippen LogP contribution in [-0.2, 0) is 17.3 Å². The average molecular weight is 206 g/mol. The minimum atomic E-state index is 0.586. The van der Waals surface area contributed by atoms with Gasteiger partial charge in [0.25, 0.3) is 0 Å². The second-order valence-electron chi connectivity index (χ2n) is 4.09. The molecule has 0 saturated carbocycles. The largest absolute Gasteiger partial charge is 0.357 e. The van der Waals surface area contributed by atoms with Crippen molar-refractivity contribution in [3.63, 3.8) is 0 Å². The molecule has 3 rings (SSSR count). The van der Waals surface area contributed by atoms with E-state index in [0.29, 0.717) is 10.9 Å². The number of aromatic nitrogens is 1. The molecule has 1 N–H and O–H groups in total. The molecule has 1 aliphatic heterocycles. The van der Waals surface area contributed by atoms with Crippen molar-refractivity contribution in [3.05, 3.63) is 23.5 Å². The fraction of sp³-hybridized carbons (Fsp3) is 0.500. The summed E-state index contributed by atoms with van der Waals surface area (Å²) in [5.74, 6) is 2.88. The lowest BCUT2D eigenvalue weighted by molar-refractivity contribution is 0.949. The summed E-state index contributed by atoms with van der Waals surface area (Å²) in [6.45, 7) is 0. The lowest BCUT2D eigenvalue weighted by Crippen LogP contribution is -2.06. The molecule has 1 aromatic rings. The van der Waals surface area contributed by atoms with Crippen LogP contribution < -0.4 is 0 Å². The Hall–Kier alpha value is -0.630. The van der Waals surface area contributed by atoms with Crippen molar-refractivity contribution >= 4 is 17.0 Å². The van der Waals surface area contributed by atoms with Crippen LogP contribution in [0, 0.1) is 0 Å². The molecule has 0 spiro atoms. The Labute approximate surface area is 87.9 Å². The third kappa shape index (κ3) is 1.33. The highest BCUT2D eigenvalue weighted by Gasteiger charge is 2.31. The fourth-order valence-electron chi connectivity index (χ4n) is 2.42. The number of allylic oxidation sites excluding steroid dienone is 1. The smallest absolute Gasteiger partial charge is 0.176 e. The zero-order valence-corrected chi connectivity index (χ0v) is 9.20. The third-order valence-electron chi connectivity index (χ3n) is 3.17. The van der Waals surface area contributed by atoms with Crippen molar-refractivity contribution in [1.82, 2.24) is 4.98 Å². The van der Waals surface area contributed by atoms with E-state index in [1.54, 1.807) is 10.5 Å². The summed E-state index contributed by atoms with van der Waals surface area (Å²) in [6.07, 6.45) is 12.2. The highest BCUT2D eigenvalue weighted by atomic mass is 32.2. The molecule has 1 aliphatic carbocycles. The summed E-state index contributed by atoms with van der Waals surface area (Å²) in [5.41, 5.74) is 3.00. The maximum atomic E-state index is 3.42. The van der Waals surface area contributed by atoms with Crippen molar-refractivity contribution in [3.8, 4) is 0 Å². The quantitative estimate of drug-likeness (QED) is 0.680. The summed E-state index contributed by atoms with van der Waals surface area (Å²) >= 11 is 0. The van der Waals surface area contributed by atoms with E-state index in [4.69, 9.17) is 0 Å². The van der Waals surface area contributed by atoms with E-state index in [0.717, 1.165) is 0 Å². The number of nitrogens with one attached hydrogen (secondary N) is 1. The van der Waals surface area contributed by atoms with Gasteiger partial charge in [0.1, 0.15) is 11.5 Å². The molecule has 1 aromatic heterocycles. The lowest BCUT2D eigenvalue weighted by Gasteiger charge is -2.06. The standard InChI is InChI=1S/C12H16NS/c1-2-6-11-10(5-1)12(9-13-11)14-7-3-4-8-14/h2,6,9,13H,1,3-5,7-8H2/q+1. The minimum Gasteiger partial charge on any atom is -0.357 e. The predicted octanol–water partition coefficient (Wildman–Crippen LogP) is 2.75. The van der Waals surface area contributed by atoms with Crippen molar-refractivity contribution < 1.29 is 0 Å². The van der Waals surface area contributed by atoms with Gasteiger partial charge in [-0.15, -0.1) is 0 Å². The molecule has 1 saturated heterocycles. The van der Waals surface area contributed by atoms with Crippen LogP contribution in [0.5, 0.6) is 0 Å². The molecule has 74 valence electrons. The Balaban J connectivity index is 1.97. The van der Waals surface area contributed by atoms with Crippen LogP contribution in [0.3, 0.4) is 0 Å². The van der Waals surface area contributed by atoms with Gasteiger partial charge in [-0.05, 0) is 31.8 Å². The maximum absolute atomic E-state index is 3.42. The predicted molar refractivity (Wildman–Crippen MR) is 62.7 cm³/mol. The Kier molecular flexibility index (Phi) is 2.17. The summed E-state index contributed by atoms with van der Waals surface area (Å²) in [7, 11) is 0.586. The van der Waals surface area contributed by atoms with E-state index in [-0.39, 0.29) is 0 Å². The Morgan fingerprint density at radius 3 is 2.93 bits per heavy atom. The van der Waals surface area contributed by atoms with Gasteiger partial charge in [0.15, 0.2) is 4.90 Å². The van der Waals surface area contributed by atoms with Gasteiger partial charge in [-0.2, -0.15) is 0 Å². The molecular formula is C12H16NS+. The number of rotatable bonds is 1. The number of H-pyrrole nitrogens is 1. The molecule has 1 nitrogen and oxygen atoms in total. The van der Waals surface area contributed by atoms with E-state index in [9.17, 15) is 0 Å². The van der Waals surface area contributed by atoms with Crippen LogP contribution in [0.1, 0.15) is 30.5 Å². The van der Waals surface area contributed by atoms with Gasteiger partial charge in [-0.25, -0.2) is 0 Å². The molecule has 0 unspecified atom stereocenters. The molecule has 0 bridgehead atoms. The van der Waals surface area contributed by atoms with Crippen molar-refractivity contribution in [2.75, 3.05) is 11.5 Å². The summed E-state index contributed by atoms with van der Waals surface area (Å²) in [6, 6.07) is 0. The molecule has 0 atom stereocenters. The van der Waals surface area contributed by atoms with Gasteiger partial charge >= 0.3 is 0 Å². The summed E-state index contributed by atoms with van der Waals surface area (Å²) < 4.78 is 0. The molecule has 0 amide bonds. The van der Waals surface area contributed by atoms with E-state index >= 15 is 0 Å². The Morgan fingerprint density at radius 1 is 1.21 bits per heavy atom. The molecule has 2 heteroatoms.